The van der Waals surface area contributed by atoms with Crippen LogP contribution in [-0.4, -0.2) is 28.9 Å². The van der Waals surface area contributed by atoms with Gasteiger partial charge >= 0.3 is 0 Å². The minimum Gasteiger partial charge on any atom is -0.339 e. The number of aromatic nitrogens is 1. The summed E-state index contributed by atoms with van der Waals surface area (Å²) in [5, 5.41) is 0.353. The summed E-state index contributed by atoms with van der Waals surface area (Å²) in [6, 6.07) is 3.30. The van der Waals surface area contributed by atoms with Gasteiger partial charge in [0.15, 0.2) is 0 Å². The molecule has 1 amide bonds. The SMILES string of the molecule is CCN(CC(C)C)C(=O)c1ccnc(Cl)c1. The van der Waals surface area contributed by atoms with Crippen molar-refractivity contribution in [3.05, 3.63) is 29.0 Å². The molecule has 0 aromatic carbocycles. The van der Waals surface area contributed by atoms with Gasteiger partial charge in [-0.15, -0.1) is 0 Å². The summed E-state index contributed by atoms with van der Waals surface area (Å²) in [6.07, 6.45) is 1.55. The lowest BCUT2D eigenvalue weighted by Crippen LogP contribution is -2.34. The van der Waals surface area contributed by atoms with Gasteiger partial charge in [-0.3, -0.25) is 4.79 Å². The van der Waals surface area contributed by atoms with Crippen molar-refractivity contribution >= 4 is 17.5 Å². The zero-order chi connectivity index (χ0) is 12.1. The fourth-order valence-corrected chi connectivity index (χ4v) is 1.69. The Balaban J connectivity index is 2.82. The summed E-state index contributed by atoms with van der Waals surface area (Å²) in [4.78, 5) is 17.8. The van der Waals surface area contributed by atoms with Gasteiger partial charge in [-0.05, 0) is 25.0 Å². The van der Waals surface area contributed by atoms with Gasteiger partial charge in [0.1, 0.15) is 5.15 Å². The Labute approximate surface area is 101 Å². The smallest absolute Gasteiger partial charge is 0.254 e. The first-order valence-corrected chi connectivity index (χ1v) is 5.83. The monoisotopic (exact) mass is 240 g/mol. The average Bonchev–Trinajstić information content (AvgIpc) is 2.24. The highest BCUT2D eigenvalue weighted by Gasteiger charge is 2.15. The molecule has 88 valence electrons. The number of amides is 1. The van der Waals surface area contributed by atoms with E-state index in [0.717, 1.165) is 6.54 Å². The van der Waals surface area contributed by atoms with E-state index in [0.29, 0.717) is 23.2 Å². The van der Waals surface area contributed by atoms with E-state index < -0.39 is 0 Å². The number of hydrogen-bond acceptors (Lipinski definition) is 2. The summed E-state index contributed by atoms with van der Waals surface area (Å²) in [5.41, 5.74) is 0.600. The number of rotatable bonds is 4. The molecule has 4 heteroatoms. The Bertz CT molecular complexity index is 366. The van der Waals surface area contributed by atoms with E-state index in [4.69, 9.17) is 11.6 Å². The van der Waals surface area contributed by atoms with Gasteiger partial charge in [0.2, 0.25) is 0 Å². The van der Waals surface area contributed by atoms with Gasteiger partial charge in [0, 0.05) is 24.8 Å². The second kappa shape index (κ2) is 5.85. The highest BCUT2D eigenvalue weighted by atomic mass is 35.5. The Morgan fingerprint density at radius 2 is 2.25 bits per heavy atom. The van der Waals surface area contributed by atoms with Gasteiger partial charge in [-0.2, -0.15) is 0 Å². The normalized spacial score (nSPS) is 10.6. The molecule has 0 fully saturated rings. The van der Waals surface area contributed by atoms with Crippen LogP contribution in [0.5, 0.6) is 0 Å². The molecule has 1 heterocycles. The third kappa shape index (κ3) is 3.49. The first-order valence-electron chi connectivity index (χ1n) is 5.45. The Hall–Kier alpha value is -1.09. The van der Waals surface area contributed by atoms with Crippen molar-refractivity contribution in [1.82, 2.24) is 9.88 Å². The lowest BCUT2D eigenvalue weighted by Gasteiger charge is -2.22. The maximum Gasteiger partial charge on any atom is 0.254 e. The molecule has 0 unspecified atom stereocenters. The Morgan fingerprint density at radius 3 is 2.75 bits per heavy atom. The molecule has 0 saturated carbocycles. The van der Waals surface area contributed by atoms with Crippen molar-refractivity contribution in [2.75, 3.05) is 13.1 Å². The topological polar surface area (TPSA) is 33.2 Å². The van der Waals surface area contributed by atoms with Crippen LogP contribution in [0.3, 0.4) is 0 Å². The molecule has 3 nitrogen and oxygen atoms in total. The van der Waals surface area contributed by atoms with Gasteiger partial charge in [-0.1, -0.05) is 25.4 Å². The van der Waals surface area contributed by atoms with Crippen molar-refractivity contribution in [2.24, 2.45) is 5.92 Å². The third-order valence-corrected chi connectivity index (χ3v) is 2.43. The van der Waals surface area contributed by atoms with E-state index in [1.807, 2.05) is 11.8 Å². The van der Waals surface area contributed by atoms with Crippen LogP contribution in [0.1, 0.15) is 31.1 Å². The second-order valence-corrected chi connectivity index (χ2v) is 4.49. The van der Waals surface area contributed by atoms with Crippen LogP contribution in [-0.2, 0) is 0 Å². The minimum absolute atomic E-state index is 0.0144. The number of carbonyl (C=O) groups excluding carboxylic acids is 1. The largest absolute Gasteiger partial charge is 0.339 e. The third-order valence-electron chi connectivity index (χ3n) is 2.23. The molecule has 1 aromatic heterocycles. The van der Waals surface area contributed by atoms with Crippen LogP contribution in [0.4, 0.5) is 0 Å². The molecule has 0 spiro atoms. The molecule has 0 radical (unpaired) electrons. The Kier molecular flexibility index (Phi) is 4.74. The number of pyridine rings is 1. The molecular formula is C12H17ClN2O. The molecule has 16 heavy (non-hydrogen) atoms. The number of hydrogen-bond donors (Lipinski definition) is 0. The zero-order valence-electron chi connectivity index (χ0n) is 9.90. The van der Waals surface area contributed by atoms with Crippen LogP contribution >= 0.6 is 11.6 Å². The fourth-order valence-electron chi connectivity index (χ4n) is 1.51. The summed E-state index contributed by atoms with van der Waals surface area (Å²) in [5.74, 6) is 0.474. The molecular weight excluding hydrogens is 224 g/mol. The number of carbonyl (C=O) groups is 1. The van der Waals surface area contributed by atoms with Gasteiger partial charge in [-0.25, -0.2) is 4.98 Å². The molecule has 0 atom stereocenters. The van der Waals surface area contributed by atoms with Crippen LogP contribution in [0.15, 0.2) is 18.3 Å². The summed E-state index contributed by atoms with van der Waals surface area (Å²) in [7, 11) is 0. The maximum atomic E-state index is 12.1. The molecule has 0 aliphatic rings. The van der Waals surface area contributed by atoms with Gasteiger partial charge in [0.25, 0.3) is 5.91 Å². The summed E-state index contributed by atoms with van der Waals surface area (Å²) in [6.45, 7) is 7.63. The molecule has 0 aliphatic carbocycles. The summed E-state index contributed by atoms with van der Waals surface area (Å²) < 4.78 is 0. The van der Waals surface area contributed by atoms with E-state index in [1.165, 1.54) is 0 Å². The average molecular weight is 241 g/mol. The standard InChI is InChI=1S/C12H17ClN2O/c1-4-15(8-9(2)3)12(16)10-5-6-14-11(13)7-10/h5-7,9H,4,8H2,1-3H3. The van der Waals surface area contributed by atoms with Crippen LogP contribution in [0.25, 0.3) is 0 Å². The van der Waals surface area contributed by atoms with Crippen molar-refractivity contribution in [3.8, 4) is 0 Å². The van der Waals surface area contributed by atoms with E-state index >= 15 is 0 Å². The van der Waals surface area contributed by atoms with Crippen LogP contribution in [0.2, 0.25) is 5.15 Å². The summed E-state index contributed by atoms with van der Waals surface area (Å²) >= 11 is 5.76. The molecule has 0 aliphatic heterocycles. The highest BCUT2D eigenvalue weighted by molar-refractivity contribution is 6.29. The highest BCUT2D eigenvalue weighted by Crippen LogP contribution is 2.11. The number of nitrogens with zero attached hydrogens (tertiary/aromatic N) is 2. The van der Waals surface area contributed by atoms with Crippen molar-refractivity contribution in [1.29, 1.82) is 0 Å². The first kappa shape index (κ1) is 13.0. The quantitative estimate of drug-likeness (QED) is 0.759. The molecule has 0 saturated heterocycles. The van der Waals surface area contributed by atoms with E-state index in [9.17, 15) is 4.79 Å². The molecule has 1 rings (SSSR count). The lowest BCUT2D eigenvalue weighted by molar-refractivity contribution is 0.0745. The molecule has 0 bridgehead atoms. The van der Waals surface area contributed by atoms with E-state index in [-0.39, 0.29) is 5.91 Å². The predicted molar refractivity (Wildman–Crippen MR) is 65.7 cm³/mol. The predicted octanol–water partition coefficient (Wildman–Crippen LogP) is 2.85. The van der Waals surface area contributed by atoms with Crippen molar-refractivity contribution in [2.45, 2.75) is 20.8 Å². The van der Waals surface area contributed by atoms with Gasteiger partial charge < -0.3 is 4.90 Å². The van der Waals surface area contributed by atoms with Crippen molar-refractivity contribution in [3.63, 3.8) is 0 Å². The zero-order valence-corrected chi connectivity index (χ0v) is 10.7. The fraction of sp³-hybridized carbons (Fsp3) is 0.500. The molecule has 0 N–H and O–H groups in total. The Morgan fingerprint density at radius 1 is 1.56 bits per heavy atom. The van der Waals surface area contributed by atoms with Gasteiger partial charge in [0.05, 0.1) is 0 Å². The number of halogens is 1. The first-order chi connectivity index (χ1) is 7.54. The van der Waals surface area contributed by atoms with E-state index in [2.05, 4.69) is 18.8 Å². The van der Waals surface area contributed by atoms with E-state index in [1.54, 1.807) is 18.3 Å². The van der Waals surface area contributed by atoms with Crippen LogP contribution < -0.4 is 0 Å². The molecule has 1 aromatic rings. The lowest BCUT2D eigenvalue weighted by atomic mass is 10.1. The van der Waals surface area contributed by atoms with Crippen molar-refractivity contribution < 1.29 is 4.79 Å². The minimum atomic E-state index is 0.0144. The van der Waals surface area contributed by atoms with Crippen LogP contribution in [0, 0.1) is 5.92 Å². The second-order valence-electron chi connectivity index (χ2n) is 4.10. The maximum absolute atomic E-state index is 12.1.